The van der Waals surface area contributed by atoms with Gasteiger partial charge in [0.05, 0.1) is 19.8 Å². The summed E-state index contributed by atoms with van der Waals surface area (Å²) >= 11 is 0. The lowest BCUT2D eigenvalue weighted by Gasteiger charge is -2.20. The van der Waals surface area contributed by atoms with E-state index in [1.165, 1.54) is 109 Å². The number of unbranched alkanes of at least 4 members (excludes halogenated alkanes) is 21. The van der Waals surface area contributed by atoms with Gasteiger partial charge in [-0.05, 0) is 38.5 Å². The average Bonchev–Trinajstić information content (AvgIpc) is 3.02. The molecule has 3 N–H and O–H groups in total. The average molecular weight is 662 g/mol. The Balaban J connectivity index is 4.10. The molecule has 0 aliphatic rings. The maximum absolute atomic E-state index is 12.5. The Hall–Kier alpha value is -0.760. The fourth-order valence-corrected chi connectivity index (χ4v) is 5.93. The number of carbonyl (C=O) groups is 1. The molecule has 0 spiro atoms. The van der Waals surface area contributed by atoms with Gasteiger partial charge >= 0.3 is 13.8 Å². The van der Waals surface area contributed by atoms with E-state index in [-0.39, 0.29) is 32.3 Å². The van der Waals surface area contributed by atoms with Crippen molar-refractivity contribution >= 4 is 13.8 Å². The first-order valence-corrected chi connectivity index (χ1v) is 20.2. The Morgan fingerprint density at radius 2 is 1.11 bits per heavy atom. The highest BCUT2D eigenvalue weighted by atomic mass is 31.2. The van der Waals surface area contributed by atoms with E-state index < -0.39 is 13.9 Å². The molecule has 0 fully saturated rings. The van der Waals surface area contributed by atoms with E-state index in [9.17, 15) is 14.3 Å². The summed E-state index contributed by atoms with van der Waals surface area (Å²) in [6.07, 6.45) is 33.6. The minimum Gasteiger partial charge on any atom is -0.457 e. The molecule has 0 amide bonds. The number of carbonyl (C=O) groups excluding carboxylic acids is 1. The molecule has 9 heteroatoms. The molecule has 0 aromatic heterocycles. The zero-order valence-corrected chi connectivity index (χ0v) is 30.3. The van der Waals surface area contributed by atoms with Crippen LogP contribution in [0.4, 0.5) is 0 Å². The molecular formula is C36H72NO7P. The van der Waals surface area contributed by atoms with Gasteiger partial charge in [-0.2, -0.15) is 0 Å². The Bertz CT molecular complexity index is 707. The van der Waals surface area contributed by atoms with Crippen molar-refractivity contribution in [3.8, 4) is 0 Å². The molecule has 0 bridgehead atoms. The molecule has 0 saturated heterocycles. The lowest BCUT2D eigenvalue weighted by atomic mass is 10.1. The Kier molecular flexibility index (Phi) is 34.0. The van der Waals surface area contributed by atoms with Crippen molar-refractivity contribution in [3.63, 3.8) is 0 Å². The number of nitrogens with two attached hydrogens (primary N) is 1. The summed E-state index contributed by atoms with van der Waals surface area (Å²) in [6, 6.07) is 0. The third kappa shape index (κ3) is 34.4. The fraction of sp³-hybridized carbons (Fsp3) is 0.917. The van der Waals surface area contributed by atoms with Crippen molar-refractivity contribution < 1.29 is 32.8 Å². The number of phosphoric acid groups is 1. The van der Waals surface area contributed by atoms with Crippen LogP contribution in [-0.2, 0) is 27.9 Å². The first kappa shape index (κ1) is 44.2. The minimum absolute atomic E-state index is 0.0941. The zero-order valence-electron chi connectivity index (χ0n) is 29.4. The zero-order chi connectivity index (χ0) is 33.1. The number of allylic oxidation sites excluding steroid dienone is 2. The van der Waals surface area contributed by atoms with E-state index in [1.54, 1.807) is 0 Å². The van der Waals surface area contributed by atoms with Crippen LogP contribution in [0.25, 0.3) is 0 Å². The second-order valence-electron chi connectivity index (χ2n) is 12.4. The normalized spacial score (nSPS) is 13.8. The second-order valence-corrected chi connectivity index (χ2v) is 13.9. The van der Waals surface area contributed by atoms with Crippen LogP contribution >= 0.6 is 7.82 Å². The summed E-state index contributed by atoms with van der Waals surface area (Å²) in [5.74, 6) is -0.338. The van der Waals surface area contributed by atoms with Crippen LogP contribution in [0.2, 0.25) is 0 Å². The SMILES string of the molecule is CCCCCCC/C=C\CCCCCCCC(=O)OC(COCCCCCCCCCCCCCC)COP(=O)(O)OCCN. The van der Waals surface area contributed by atoms with E-state index in [1.807, 2.05) is 0 Å². The van der Waals surface area contributed by atoms with Gasteiger partial charge in [-0.15, -0.1) is 0 Å². The van der Waals surface area contributed by atoms with E-state index in [4.69, 9.17) is 24.3 Å². The van der Waals surface area contributed by atoms with Crippen LogP contribution in [0.5, 0.6) is 0 Å². The summed E-state index contributed by atoms with van der Waals surface area (Å²) in [5.41, 5.74) is 5.35. The minimum atomic E-state index is -4.26. The molecule has 0 aliphatic heterocycles. The number of hydrogen-bond acceptors (Lipinski definition) is 7. The van der Waals surface area contributed by atoms with E-state index in [0.29, 0.717) is 13.0 Å². The van der Waals surface area contributed by atoms with Gasteiger partial charge in [0.25, 0.3) is 0 Å². The molecule has 0 heterocycles. The second kappa shape index (κ2) is 34.6. The highest BCUT2D eigenvalue weighted by molar-refractivity contribution is 7.47. The predicted molar refractivity (Wildman–Crippen MR) is 187 cm³/mol. The van der Waals surface area contributed by atoms with Crippen LogP contribution in [0.3, 0.4) is 0 Å². The first-order valence-electron chi connectivity index (χ1n) is 18.7. The fourth-order valence-electron chi connectivity index (χ4n) is 5.17. The number of esters is 1. The van der Waals surface area contributed by atoms with E-state index >= 15 is 0 Å². The number of rotatable bonds is 36. The van der Waals surface area contributed by atoms with Gasteiger partial charge in [0.1, 0.15) is 6.10 Å². The van der Waals surface area contributed by atoms with Crippen molar-refractivity contribution in [1.82, 2.24) is 0 Å². The third-order valence-corrected chi connectivity index (χ3v) is 8.92. The van der Waals surface area contributed by atoms with Crippen molar-refractivity contribution in [1.29, 1.82) is 0 Å². The lowest BCUT2D eigenvalue weighted by Crippen LogP contribution is -2.28. The molecule has 2 unspecified atom stereocenters. The van der Waals surface area contributed by atoms with Crippen LogP contribution in [0.15, 0.2) is 12.2 Å². The number of hydrogen-bond donors (Lipinski definition) is 2. The predicted octanol–water partition coefficient (Wildman–Crippen LogP) is 10.4. The van der Waals surface area contributed by atoms with E-state index in [2.05, 4.69) is 26.0 Å². The highest BCUT2D eigenvalue weighted by Crippen LogP contribution is 2.43. The molecule has 8 nitrogen and oxygen atoms in total. The van der Waals surface area contributed by atoms with Crippen molar-refractivity contribution in [2.75, 3.05) is 33.0 Å². The molecule has 0 saturated carbocycles. The maximum atomic E-state index is 12.5. The summed E-state index contributed by atoms with van der Waals surface area (Å²) < 4.78 is 33.2. The summed E-state index contributed by atoms with van der Waals surface area (Å²) in [5, 5.41) is 0. The summed E-state index contributed by atoms with van der Waals surface area (Å²) in [6.45, 7) is 4.91. The Morgan fingerprint density at radius 3 is 1.62 bits per heavy atom. The lowest BCUT2D eigenvalue weighted by molar-refractivity contribution is -0.154. The molecule has 0 radical (unpaired) electrons. The molecule has 2 atom stereocenters. The topological polar surface area (TPSA) is 117 Å². The standard InChI is InChI=1S/C36H72NO7P/c1-3-5-7-9-11-13-15-17-18-19-21-23-25-27-29-36(38)44-35(34-43-45(39,40)42-32-30-37)33-41-31-28-26-24-22-20-16-14-12-10-8-6-4-2/h15,17,35H,3-14,16,18-34,37H2,1-2H3,(H,39,40)/b17-15-. The van der Waals surface area contributed by atoms with E-state index in [0.717, 1.165) is 44.9 Å². The van der Waals surface area contributed by atoms with Crippen molar-refractivity contribution in [2.24, 2.45) is 5.73 Å². The molecule has 0 aromatic rings. The molecular weight excluding hydrogens is 589 g/mol. The summed E-state index contributed by atoms with van der Waals surface area (Å²) in [7, 11) is -4.26. The van der Waals surface area contributed by atoms with Gasteiger partial charge in [0, 0.05) is 19.6 Å². The van der Waals surface area contributed by atoms with Gasteiger partial charge in [0.2, 0.25) is 0 Å². The molecule has 0 aromatic carbocycles. The number of ether oxygens (including phenoxy) is 2. The molecule has 45 heavy (non-hydrogen) atoms. The van der Waals surface area contributed by atoms with Crippen LogP contribution in [0, 0.1) is 0 Å². The van der Waals surface area contributed by atoms with Gasteiger partial charge < -0.3 is 20.1 Å². The van der Waals surface area contributed by atoms with Crippen molar-refractivity contribution in [3.05, 3.63) is 12.2 Å². The van der Waals surface area contributed by atoms with Crippen molar-refractivity contribution in [2.45, 2.75) is 180 Å². The summed E-state index contributed by atoms with van der Waals surface area (Å²) in [4.78, 5) is 22.3. The Morgan fingerprint density at radius 1 is 0.644 bits per heavy atom. The van der Waals surface area contributed by atoms with Crippen LogP contribution < -0.4 is 5.73 Å². The van der Waals surface area contributed by atoms with Crippen LogP contribution in [-0.4, -0.2) is 49.9 Å². The quantitative estimate of drug-likeness (QED) is 0.0295. The molecule has 0 rings (SSSR count). The molecule has 0 aliphatic carbocycles. The van der Waals surface area contributed by atoms with Gasteiger partial charge in [-0.3, -0.25) is 13.8 Å². The van der Waals surface area contributed by atoms with Gasteiger partial charge in [-0.1, -0.05) is 142 Å². The molecule has 268 valence electrons. The van der Waals surface area contributed by atoms with Gasteiger partial charge in [0.15, 0.2) is 0 Å². The van der Waals surface area contributed by atoms with Crippen LogP contribution in [0.1, 0.15) is 174 Å². The highest BCUT2D eigenvalue weighted by Gasteiger charge is 2.25. The smallest absolute Gasteiger partial charge is 0.457 e. The largest absolute Gasteiger partial charge is 0.472 e. The monoisotopic (exact) mass is 662 g/mol. The maximum Gasteiger partial charge on any atom is 0.472 e. The Labute approximate surface area is 277 Å². The first-order chi connectivity index (χ1) is 21.9. The number of phosphoric ester groups is 1. The third-order valence-electron chi connectivity index (χ3n) is 7.93. The van der Waals surface area contributed by atoms with Gasteiger partial charge in [-0.25, -0.2) is 4.57 Å².